The molecule has 0 amide bonds. The molecule has 0 aliphatic rings. The van der Waals surface area contributed by atoms with Gasteiger partial charge in [0.15, 0.2) is 5.15 Å². The van der Waals surface area contributed by atoms with Crippen molar-refractivity contribution in [2.75, 3.05) is 18.9 Å². The summed E-state index contributed by atoms with van der Waals surface area (Å²) < 4.78 is 15.8. The fourth-order valence-corrected chi connectivity index (χ4v) is 3.05. The summed E-state index contributed by atoms with van der Waals surface area (Å²) in [4.78, 5) is 16.6. The van der Waals surface area contributed by atoms with Crippen LogP contribution in [0.25, 0.3) is 11.0 Å². The van der Waals surface area contributed by atoms with Gasteiger partial charge in [-0.2, -0.15) is 0 Å². The number of fused-ring (bicyclic) bond motifs is 2. The summed E-state index contributed by atoms with van der Waals surface area (Å²) in [5, 5.41) is 15.6. The number of halogens is 5. The van der Waals surface area contributed by atoms with E-state index in [0.29, 0.717) is 11.0 Å². The largest absolute Gasteiger partial charge is 1.00 e. The van der Waals surface area contributed by atoms with Crippen LogP contribution in [0.4, 0.5) is 5.82 Å². The topological polar surface area (TPSA) is 173 Å². The van der Waals surface area contributed by atoms with E-state index in [4.69, 9.17) is 34.9 Å². The van der Waals surface area contributed by atoms with Crippen molar-refractivity contribution in [2.45, 2.75) is 41.5 Å². The molecule has 0 aromatic carbocycles. The second-order valence-electron chi connectivity index (χ2n) is 6.17. The molecule has 0 aliphatic heterocycles. The summed E-state index contributed by atoms with van der Waals surface area (Å²) in [5.41, 5.74) is 9.36. The van der Waals surface area contributed by atoms with Crippen LogP contribution in [0.2, 0.25) is 5.15 Å². The van der Waals surface area contributed by atoms with Crippen LogP contribution >= 0.6 is 53.2 Å². The first-order valence-corrected chi connectivity index (χ1v) is 18.9. The minimum Gasteiger partial charge on any atom is -1.00 e. The maximum Gasteiger partial charge on any atom is 1.00 e. The van der Waals surface area contributed by atoms with Gasteiger partial charge in [-0.25, -0.2) is 19.9 Å². The van der Waals surface area contributed by atoms with Gasteiger partial charge in [-0.15, -0.1) is 0 Å². The number of hydrogen-bond donors (Lipinski definition) is 5. The Kier molecular flexibility index (Phi) is 34.4. The number of nitrogens with zero attached hydrogens (tertiary/aromatic N) is 6. The molecule has 4 heterocycles. The monoisotopic (exact) mass is 1010 g/mol. The Morgan fingerprint density at radius 3 is 1.57 bits per heavy atom. The number of nitrogens with two attached hydrogens (primary N) is 2. The van der Waals surface area contributed by atoms with Gasteiger partial charge in [-0.3, -0.25) is 8.80 Å². The third-order valence-corrected chi connectivity index (χ3v) is 4.07. The summed E-state index contributed by atoms with van der Waals surface area (Å²) >= 11 is 9.29. The molecule has 208 valence electrons. The summed E-state index contributed by atoms with van der Waals surface area (Å²) in [6.07, 6.45) is 7.07. The van der Waals surface area contributed by atoms with Gasteiger partial charge in [-0.05, 0) is 41.5 Å². The van der Waals surface area contributed by atoms with Crippen molar-refractivity contribution in [1.29, 1.82) is 0 Å². The fourth-order valence-electron chi connectivity index (χ4n) is 2.76. The number of hydrogen-bond acceptors (Lipinski definition) is 9. The summed E-state index contributed by atoms with van der Waals surface area (Å²) in [7, 11) is 0. The van der Waals surface area contributed by atoms with Crippen molar-refractivity contribution < 1.29 is 107 Å². The van der Waals surface area contributed by atoms with Crippen molar-refractivity contribution in [2.24, 2.45) is 3.95 Å². The van der Waals surface area contributed by atoms with Crippen LogP contribution in [0.5, 0.6) is 0 Å². The molecule has 37 heavy (non-hydrogen) atoms. The first kappa shape index (κ1) is 45.7. The second kappa shape index (κ2) is 27.9. The average Bonchev–Trinajstić information content (AvgIpc) is 3.28. The Bertz CT molecular complexity index is 1030. The molecule has 4 aromatic rings. The molecule has 0 atom stereocenters. The van der Waals surface area contributed by atoms with Gasteiger partial charge in [0, 0.05) is 38.0 Å². The maximum absolute atomic E-state index is 7.57. The Morgan fingerprint density at radius 1 is 0.892 bits per heavy atom. The Morgan fingerprint density at radius 2 is 1.22 bits per heavy atom. The molecule has 0 radical (unpaired) electrons. The Labute approximate surface area is 317 Å². The quantitative estimate of drug-likeness (QED) is 0.0656. The Hall–Kier alpha value is 1.73. The molecule has 11 nitrogen and oxygen atoms in total. The van der Waals surface area contributed by atoms with E-state index in [1.807, 2.05) is 48.9 Å². The van der Waals surface area contributed by atoms with Crippen molar-refractivity contribution in [1.82, 2.24) is 28.7 Å². The van der Waals surface area contributed by atoms with E-state index in [9.17, 15) is 0 Å². The molecule has 0 bridgehead atoms. The third-order valence-electron chi connectivity index (χ3n) is 3.79. The zero-order chi connectivity index (χ0) is 27.6. The minimum absolute atomic E-state index is 0. The van der Waals surface area contributed by atoms with E-state index in [2.05, 4.69) is 38.6 Å². The van der Waals surface area contributed by atoms with Crippen LogP contribution in [0.1, 0.15) is 36.9 Å². The zero-order valence-corrected chi connectivity index (χ0v) is 34.3. The molecule has 4 rings (SSSR count). The number of aryl methyl sites for hydroxylation is 4. The first-order chi connectivity index (χ1) is 16.6. The molecule has 17 heteroatoms. The van der Waals surface area contributed by atoms with Crippen LogP contribution in [0.3, 0.4) is 0 Å². The fraction of sp³-hybridized carbons (Fsp3) is 0.400. The zero-order valence-electron chi connectivity index (χ0n) is 21.8. The molecule has 4 aromatic heterocycles. The second-order valence-corrected chi connectivity index (χ2v) is 10.2. The standard InChI is InChI=1S/C8H8ClN3.C8H10N4.2C2H6O.H2I2N.HIO.HI.K/c2*1-5-7-8(9)10-3-4-12(7)6(2)11-5;3*1-2-3;1-2;;/h3-4H,1-2H3;3-4H,1-2H3,(H2,9,10);2*3H,2H2,1H3;3H2;2H;1H;/q;;;;-1;;;+1/p-1. The molecule has 0 saturated heterocycles. The molecular formula is C20H33ClI4KN8O3-. The molecule has 0 saturated carbocycles. The Balaban J connectivity index is -0.000000205. The van der Waals surface area contributed by atoms with Crippen LogP contribution in [-0.2, 0) is 0 Å². The first-order valence-electron chi connectivity index (χ1n) is 9.99. The number of aliphatic hydroxyl groups is 2. The predicted molar refractivity (Wildman–Crippen MR) is 154 cm³/mol. The summed E-state index contributed by atoms with van der Waals surface area (Å²) in [5.74, 6) is 2.42. The van der Waals surface area contributed by atoms with Gasteiger partial charge < -0.3 is 43.4 Å². The van der Waals surface area contributed by atoms with E-state index < -0.39 is 0 Å². The summed E-state index contributed by atoms with van der Waals surface area (Å²) in [6, 6.07) is 0. The van der Waals surface area contributed by atoms with Gasteiger partial charge in [0.05, 0.1) is 11.4 Å². The van der Waals surface area contributed by atoms with Crippen LogP contribution in [-0.4, -0.2) is 55.6 Å². The van der Waals surface area contributed by atoms with E-state index in [1.54, 1.807) is 26.2 Å². The van der Waals surface area contributed by atoms with E-state index in [-0.39, 0.29) is 106 Å². The van der Waals surface area contributed by atoms with Crippen molar-refractivity contribution in [3.05, 3.63) is 53.0 Å². The van der Waals surface area contributed by atoms with Crippen LogP contribution in [0.15, 0.2) is 24.8 Å². The molecule has 0 spiro atoms. The SMILES string of the molecule is CCO.CCO.Cc1nc(C)n2ccnc(Cl)c12.Cc1nc(C)n2ccnc(N)c12.N[I-]I.OI.[I-].[K+]. The van der Waals surface area contributed by atoms with Crippen LogP contribution in [0, 0.1) is 27.7 Å². The number of aliphatic hydroxyl groups excluding tert-OH is 2. The van der Waals surface area contributed by atoms with E-state index in [1.165, 1.54) is 0 Å². The molecule has 0 aliphatic carbocycles. The molecule has 0 unspecified atom stereocenters. The molecule has 7 N–H and O–H groups in total. The normalized spacial score (nSPS) is 8.78. The van der Waals surface area contributed by atoms with Crippen molar-refractivity contribution >= 4 is 70.1 Å². The van der Waals surface area contributed by atoms with Gasteiger partial charge in [-0.1, -0.05) is 11.6 Å². The summed E-state index contributed by atoms with van der Waals surface area (Å²) in [6.45, 7) is 11.6. The number of nitrogen functional groups attached to an aromatic ring is 1. The number of anilines is 1. The van der Waals surface area contributed by atoms with Gasteiger partial charge >= 0.3 is 91.5 Å². The van der Waals surface area contributed by atoms with E-state index in [0.717, 1.165) is 57.1 Å². The van der Waals surface area contributed by atoms with Crippen molar-refractivity contribution in [3.8, 4) is 0 Å². The average molecular weight is 1020 g/mol. The van der Waals surface area contributed by atoms with Crippen LogP contribution < -0.4 is 103 Å². The van der Waals surface area contributed by atoms with Gasteiger partial charge in [0.1, 0.15) is 51.5 Å². The molecular weight excluding hydrogens is 982 g/mol. The minimum atomic E-state index is 0. The molecule has 0 fully saturated rings. The van der Waals surface area contributed by atoms with Gasteiger partial charge in [0.2, 0.25) is 0 Å². The maximum atomic E-state index is 7.57. The predicted octanol–water partition coefficient (Wildman–Crippen LogP) is -5.44. The van der Waals surface area contributed by atoms with Crippen molar-refractivity contribution in [3.63, 3.8) is 0 Å². The number of rotatable bonds is 0. The van der Waals surface area contributed by atoms with E-state index >= 15 is 0 Å². The number of aromatic nitrogens is 6. The number of imidazole rings is 2. The smallest absolute Gasteiger partial charge is 1.00 e. The van der Waals surface area contributed by atoms with Gasteiger partial charge in [0.25, 0.3) is 0 Å². The third kappa shape index (κ3) is 16.7.